The van der Waals surface area contributed by atoms with Crippen molar-refractivity contribution in [2.24, 2.45) is 0 Å². The summed E-state index contributed by atoms with van der Waals surface area (Å²) in [6.45, 7) is 1.49. The zero-order valence-corrected chi connectivity index (χ0v) is 10.3. The van der Waals surface area contributed by atoms with Gasteiger partial charge >= 0.3 is 0 Å². The molecule has 94 valence electrons. The summed E-state index contributed by atoms with van der Waals surface area (Å²) >= 11 is 6.07. The van der Waals surface area contributed by atoms with Crippen molar-refractivity contribution in [2.45, 2.75) is 13.5 Å². The van der Waals surface area contributed by atoms with Crippen molar-refractivity contribution in [1.82, 2.24) is 9.78 Å². The Balaban J connectivity index is 2.55. The fraction of sp³-hybridized carbons (Fsp3) is 0.182. The van der Waals surface area contributed by atoms with E-state index >= 15 is 0 Å². The third kappa shape index (κ3) is 2.07. The molecular weight excluding hydrogens is 258 g/mol. The smallest absolute Gasteiger partial charge is 0.271 e. The number of hydrogen-bond donors (Lipinski definition) is 1. The fourth-order valence-electron chi connectivity index (χ4n) is 1.62. The Bertz CT molecular complexity index is 610. The van der Waals surface area contributed by atoms with Crippen LogP contribution in [0.25, 0.3) is 5.69 Å². The van der Waals surface area contributed by atoms with Gasteiger partial charge in [0.25, 0.3) is 5.69 Å². The molecule has 0 spiro atoms. The van der Waals surface area contributed by atoms with E-state index in [9.17, 15) is 10.1 Å². The van der Waals surface area contributed by atoms with E-state index in [2.05, 4.69) is 5.10 Å². The molecule has 0 saturated carbocycles. The highest BCUT2D eigenvalue weighted by Crippen LogP contribution is 2.25. The first kappa shape index (κ1) is 12.5. The molecule has 2 rings (SSSR count). The van der Waals surface area contributed by atoms with Crippen LogP contribution in [0.15, 0.2) is 24.3 Å². The normalized spacial score (nSPS) is 10.6. The van der Waals surface area contributed by atoms with Gasteiger partial charge in [-0.3, -0.25) is 10.1 Å². The van der Waals surface area contributed by atoms with Gasteiger partial charge in [-0.25, -0.2) is 4.68 Å². The maximum atomic E-state index is 10.7. The van der Waals surface area contributed by atoms with Gasteiger partial charge in [0.05, 0.1) is 22.9 Å². The summed E-state index contributed by atoms with van der Waals surface area (Å²) < 4.78 is 1.37. The van der Waals surface area contributed by atoms with Gasteiger partial charge in [-0.15, -0.1) is 0 Å². The van der Waals surface area contributed by atoms with Crippen LogP contribution in [0.5, 0.6) is 0 Å². The van der Waals surface area contributed by atoms with Gasteiger partial charge < -0.3 is 5.11 Å². The molecule has 1 N–H and O–H groups in total. The van der Waals surface area contributed by atoms with E-state index in [1.54, 1.807) is 19.1 Å². The fourth-order valence-corrected chi connectivity index (χ4v) is 1.95. The minimum Gasteiger partial charge on any atom is -0.391 e. The topological polar surface area (TPSA) is 81.2 Å². The highest BCUT2D eigenvalue weighted by Gasteiger charge is 2.15. The van der Waals surface area contributed by atoms with Crippen LogP contribution in [-0.4, -0.2) is 19.8 Å². The predicted octanol–water partition coefficient (Wildman–Crippen LogP) is 2.23. The average Bonchev–Trinajstić information content (AvgIpc) is 2.64. The maximum absolute atomic E-state index is 10.7. The van der Waals surface area contributed by atoms with Crippen molar-refractivity contribution in [3.63, 3.8) is 0 Å². The molecule has 7 heteroatoms. The number of non-ortho nitro benzene ring substituents is 1. The highest BCUT2D eigenvalue weighted by molar-refractivity contribution is 6.30. The summed E-state index contributed by atoms with van der Waals surface area (Å²) in [5.74, 6) is 0. The highest BCUT2D eigenvalue weighted by atomic mass is 35.5. The van der Waals surface area contributed by atoms with Gasteiger partial charge in [0.15, 0.2) is 0 Å². The molecule has 1 heterocycles. The molecule has 0 bridgehead atoms. The first-order valence-electron chi connectivity index (χ1n) is 5.14. The number of nitrogens with zero attached hydrogens (tertiary/aromatic N) is 3. The molecule has 18 heavy (non-hydrogen) atoms. The molecule has 0 radical (unpaired) electrons. The number of aliphatic hydroxyl groups is 1. The lowest BCUT2D eigenvalue weighted by Gasteiger charge is -2.02. The number of aromatic nitrogens is 2. The van der Waals surface area contributed by atoms with Gasteiger partial charge in [0.1, 0.15) is 5.15 Å². The SMILES string of the molecule is Cc1nn(-c2cccc([N+](=O)[O-])c2)c(Cl)c1CO. The largest absolute Gasteiger partial charge is 0.391 e. The van der Waals surface area contributed by atoms with Gasteiger partial charge in [-0.05, 0) is 13.0 Å². The Morgan fingerprint density at radius 2 is 2.28 bits per heavy atom. The maximum Gasteiger partial charge on any atom is 0.271 e. The van der Waals surface area contributed by atoms with Crippen molar-refractivity contribution in [3.05, 3.63) is 50.8 Å². The summed E-state index contributed by atoms with van der Waals surface area (Å²) in [4.78, 5) is 10.2. The minimum absolute atomic E-state index is 0.0396. The summed E-state index contributed by atoms with van der Waals surface area (Å²) in [5, 5.41) is 24.3. The number of halogens is 1. The van der Waals surface area contributed by atoms with Crippen molar-refractivity contribution < 1.29 is 10.0 Å². The van der Waals surface area contributed by atoms with Crippen LogP contribution < -0.4 is 0 Å². The summed E-state index contributed by atoms with van der Waals surface area (Å²) in [6.07, 6.45) is 0. The molecule has 0 aliphatic rings. The van der Waals surface area contributed by atoms with Crippen molar-refractivity contribution >= 4 is 17.3 Å². The van der Waals surface area contributed by atoms with E-state index in [1.165, 1.54) is 16.8 Å². The Kier molecular flexibility index (Phi) is 3.31. The molecule has 0 aliphatic carbocycles. The Morgan fingerprint density at radius 3 is 2.83 bits per heavy atom. The monoisotopic (exact) mass is 267 g/mol. The molecule has 0 atom stereocenters. The Hall–Kier alpha value is -1.92. The standard InChI is InChI=1S/C11H10ClN3O3/c1-7-10(6-16)11(12)14(13-7)8-3-2-4-9(5-8)15(17)18/h2-5,16H,6H2,1H3. The van der Waals surface area contributed by atoms with Crippen LogP contribution in [0.3, 0.4) is 0 Å². The molecule has 1 aromatic heterocycles. The van der Waals surface area contributed by atoms with Gasteiger partial charge in [-0.1, -0.05) is 17.7 Å². The molecule has 0 aliphatic heterocycles. The molecular formula is C11H10ClN3O3. The Morgan fingerprint density at radius 1 is 1.56 bits per heavy atom. The number of aliphatic hydroxyl groups excluding tert-OH is 1. The summed E-state index contributed by atoms with van der Waals surface area (Å²) in [5.41, 5.74) is 1.55. The molecule has 2 aromatic rings. The Labute approximate surface area is 108 Å². The molecule has 0 amide bonds. The van der Waals surface area contributed by atoms with Crippen LogP contribution in [0.4, 0.5) is 5.69 Å². The molecule has 0 fully saturated rings. The molecule has 0 saturated heterocycles. The lowest BCUT2D eigenvalue weighted by molar-refractivity contribution is -0.384. The first-order chi connectivity index (χ1) is 8.54. The summed E-state index contributed by atoms with van der Waals surface area (Å²) in [7, 11) is 0. The van der Waals surface area contributed by atoms with E-state index in [4.69, 9.17) is 16.7 Å². The lowest BCUT2D eigenvalue weighted by atomic mass is 10.2. The third-order valence-electron chi connectivity index (χ3n) is 2.56. The van der Waals surface area contributed by atoms with Crippen LogP contribution in [0.1, 0.15) is 11.3 Å². The first-order valence-corrected chi connectivity index (χ1v) is 5.52. The van der Waals surface area contributed by atoms with E-state index in [-0.39, 0.29) is 17.4 Å². The zero-order chi connectivity index (χ0) is 13.3. The number of rotatable bonds is 3. The number of nitro benzene ring substituents is 1. The lowest BCUT2D eigenvalue weighted by Crippen LogP contribution is -1.98. The van der Waals surface area contributed by atoms with Crippen LogP contribution in [0.2, 0.25) is 5.15 Å². The van der Waals surface area contributed by atoms with Gasteiger partial charge in [0.2, 0.25) is 0 Å². The third-order valence-corrected chi connectivity index (χ3v) is 2.95. The quantitative estimate of drug-likeness (QED) is 0.683. The van der Waals surface area contributed by atoms with Gasteiger partial charge in [-0.2, -0.15) is 5.10 Å². The number of aryl methyl sites for hydroxylation is 1. The zero-order valence-electron chi connectivity index (χ0n) is 9.50. The van der Waals surface area contributed by atoms with Crippen molar-refractivity contribution in [1.29, 1.82) is 0 Å². The second-order valence-electron chi connectivity index (χ2n) is 3.70. The predicted molar refractivity (Wildman–Crippen MR) is 65.9 cm³/mol. The van der Waals surface area contributed by atoms with E-state index < -0.39 is 4.92 Å². The molecule has 0 unspecified atom stereocenters. The van der Waals surface area contributed by atoms with Crippen molar-refractivity contribution in [2.75, 3.05) is 0 Å². The van der Waals surface area contributed by atoms with Crippen molar-refractivity contribution in [3.8, 4) is 5.69 Å². The molecule has 6 nitrogen and oxygen atoms in total. The van der Waals surface area contributed by atoms with Crippen LogP contribution in [0, 0.1) is 17.0 Å². The van der Waals surface area contributed by atoms with Crippen LogP contribution >= 0.6 is 11.6 Å². The second kappa shape index (κ2) is 4.75. The minimum atomic E-state index is -0.485. The molecule has 1 aromatic carbocycles. The van der Waals surface area contributed by atoms with Crippen LogP contribution in [-0.2, 0) is 6.61 Å². The van der Waals surface area contributed by atoms with E-state index in [1.807, 2.05) is 0 Å². The number of nitro groups is 1. The number of hydrogen-bond acceptors (Lipinski definition) is 4. The van der Waals surface area contributed by atoms with Gasteiger partial charge in [0, 0.05) is 17.7 Å². The van der Waals surface area contributed by atoms with E-state index in [0.717, 1.165) is 0 Å². The summed E-state index contributed by atoms with van der Waals surface area (Å²) in [6, 6.07) is 5.98. The second-order valence-corrected chi connectivity index (χ2v) is 4.06. The number of benzene rings is 1. The van der Waals surface area contributed by atoms with E-state index in [0.29, 0.717) is 16.9 Å². The average molecular weight is 268 g/mol.